The highest BCUT2D eigenvalue weighted by Crippen LogP contribution is 2.34. The lowest BCUT2D eigenvalue weighted by Crippen LogP contribution is -2.30. The van der Waals surface area contributed by atoms with Gasteiger partial charge in [-0.15, -0.1) is 0 Å². The van der Waals surface area contributed by atoms with E-state index in [9.17, 15) is 19.2 Å². The molecule has 2 aromatic rings. The molecular formula is C21H18N2O7. The molecular weight excluding hydrogens is 392 g/mol. The number of ether oxygens (including phenoxy) is 3. The summed E-state index contributed by atoms with van der Waals surface area (Å²) in [6.45, 7) is 1.58. The molecule has 0 radical (unpaired) electrons. The van der Waals surface area contributed by atoms with Gasteiger partial charge in [0.25, 0.3) is 5.91 Å². The highest BCUT2D eigenvalue weighted by molar-refractivity contribution is 6.19. The van der Waals surface area contributed by atoms with Crippen LogP contribution in [0.4, 0.5) is 11.4 Å². The van der Waals surface area contributed by atoms with Gasteiger partial charge in [-0.1, -0.05) is 0 Å². The summed E-state index contributed by atoms with van der Waals surface area (Å²) >= 11 is 0. The zero-order valence-corrected chi connectivity index (χ0v) is 16.0. The number of carbonyl (C=O) groups excluding carboxylic acids is 4. The molecule has 0 aliphatic carbocycles. The number of imide groups is 1. The highest BCUT2D eigenvalue weighted by Gasteiger charge is 2.30. The summed E-state index contributed by atoms with van der Waals surface area (Å²) in [6.07, 6.45) is -0.693. The fraction of sp³-hybridized carbons (Fsp3) is 0.238. The van der Waals surface area contributed by atoms with Gasteiger partial charge in [-0.25, -0.2) is 4.79 Å². The van der Waals surface area contributed by atoms with E-state index >= 15 is 0 Å². The Kier molecular flexibility index (Phi) is 5.09. The molecule has 2 aromatic carbocycles. The van der Waals surface area contributed by atoms with Crippen LogP contribution in [0.25, 0.3) is 0 Å². The van der Waals surface area contributed by atoms with E-state index in [-0.39, 0.29) is 37.0 Å². The molecule has 3 amide bonds. The predicted octanol–water partition coefficient (Wildman–Crippen LogP) is 2.25. The maximum atomic E-state index is 12.3. The zero-order chi connectivity index (χ0) is 21.3. The summed E-state index contributed by atoms with van der Waals surface area (Å²) in [5.41, 5.74) is 1.07. The van der Waals surface area contributed by atoms with Crippen molar-refractivity contribution in [3.8, 4) is 11.5 Å². The lowest BCUT2D eigenvalue weighted by atomic mass is 10.2. The largest absolute Gasteiger partial charge is 0.454 e. The topological polar surface area (TPSA) is 111 Å². The van der Waals surface area contributed by atoms with E-state index in [1.165, 1.54) is 31.2 Å². The third-order valence-electron chi connectivity index (χ3n) is 4.71. The number of hydrogen-bond acceptors (Lipinski definition) is 7. The summed E-state index contributed by atoms with van der Waals surface area (Å²) in [5, 5.41) is 2.65. The average Bonchev–Trinajstić information content (AvgIpc) is 3.33. The Hall–Kier alpha value is -3.88. The molecule has 4 rings (SSSR count). The first kappa shape index (κ1) is 19.4. The molecule has 2 aliphatic rings. The molecule has 2 aliphatic heterocycles. The summed E-state index contributed by atoms with van der Waals surface area (Å²) < 4.78 is 15.7. The third-order valence-corrected chi connectivity index (χ3v) is 4.71. The number of nitrogens with zero attached hydrogens (tertiary/aromatic N) is 1. The van der Waals surface area contributed by atoms with Crippen LogP contribution in [-0.2, 0) is 19.1 Å². The Morgan fingerprint density at radius 1 is 1.00 bits per heavy atom. The van der Waals surface area contributed by atoms with Gasteiger partial charge in [-0.3, -0.25) is 19.3 Å². The number of carbonyl (C=O) groups is 4. The summed E-state index contributed by atoms with van der Waals surface area (Å²) in [4.78, 5) is 49.4. The second-order valence-electron chi connectivity index (χ2n) is 6.77. The van der Waals surface area contributed by atoms with Crippen molar-refractivity contribution in [2.45, 2.75) is 25.9 Å². The Morgan fingerprint density at radius 2 is 1.67 bits per heavy atom. The van der Waals surface area contributed by atoms with Crippen molar-refractivity contribution in [3.63, 3.8) is 0 Å². The van der Waals surface area contributed by atoms with Crippen LogP contribution in [0, 0.1) is 0 Å². The zero-order valence-electron chi connectivity index (χ0n) is 16.0. The van der Waals surface area contributed by atoms with Gasteiger partial charge in [0.2, 0.25) is 18.6 Å². The smallest absolute Gasteiger partial charge is 0.338 e. The van der Waals surface area contributed by atoms with Gasteiger partial charge in [-0.2, -0.15) is 0 Å². The molecule has 0 unspecified atom stereocenters. The van der Waals surface area contributed by atoms with Crippen molar-refractivity contribution in [3.05, 3.63) is 48.0 Å². The Morgan fingerprint density at radius 3 is 2.37 bits per heavy atom. The first-order valence-corrected chi connectivity index (χ1v) is 9.30. The van der Waals surface area contributed by atoms with Crippen LogP contribution in [0.3, 0.4) is 0 Å². The molecule has 0 spiro atoms. The molecule has 0 aromatic heterocycles. The number of esters is 1. The molecule has 1 saturated heterocycles. The number of benzene rings is 2. The molecule has 2 heterocycles. The lowest BCUT2D eigenvalue weighted by molar-refractivity contribution is -0.124. The van der Waals surface area contributed by atoms with E-state index in [4.69, 9.17) is 14.2 Å². The van der Waals surface area contributed by atoms with Crippen LogP contribution >= 0.6 is 0 Å². The maximum Gasteiger partial charge on any atom is 0.338 e. The van der Waals surface area contributed by atoms with Crippen molar-refractivity contribution in [1.82, 2.24) is 0 Å². The minimum absolute atomic E-state index is 0.125. The number of anilines is 2. The van der Waals surface area contributed by atoms with Gasteiger partial charge < -0.3 is 19.5 Å². The molecule has 154 valence electrons. The van der Waals surface area contributed by atoms with Gasteiger partial charge in [-0.05, 0) is 43.3 Å². The lowest BCUT2D eigenvalue weighted by Gasteiger charge is -2.15. The average molecular weight is 410 g/mol. The van der Waals surface area contributed by atoms with Crippen molar-refractivity contribution in [1.29, 1.82) is 0 Å². The van der Waals surface area contributed by atoms with Crippen LogP contribution in [0.1, 0.15) is 30.1 Å². The first-order chi connectivity index (χ1) is 14.4. The summed E-state index contributed by atoms with van der Waals surface area (Å²) in [7, 11) is 0. The van der Waals surface area contributed by atoms with Gasteiger partial charge >= 0.3 is 5.97 Å². The van der Waals surface area contributed by atoms with E-state index in [0.717, 1.165) is 4.90 Å². The van der Waals surface area contributed by atoms with Crippen molar-refractivity contribution >= 4 is 35.1 Å². The summed E-state index contributed by atoms with van der Waals surface area (Å²) in [5.74, 6) is -0.643. The van der Waals surface area contributed by atoms with E-state index < -0.39 is 18.0 Å². The quantitative estimate of drug-likeness (QED) is 0.594. The minimum Gasteiger partial charge on any atom is -0.454 e. The highest BCUT2D eigenvalue weighted by atomic mass is 16.7. The number of fused-ring (bicyclic) bond motifs is 1. The predicted molar refractivity (Wildman–Crippen MR) is 104 cm³/mol. The van der Waals surface area contributed by atoms with Crippen molar-refractivity contribution < 1.29 is 33.4 Å². The molecule has 1 atom stereocenters. The number of hydrogen-bond donors (Lipinski definition) is 1. The number of nitrogens with one attached hydrogen (secondary N) is 1. The van der Waals surface area contributed by atoms with Crippen LogP contribution in [-0.4, -0.2) is 36.6 Å². The molecule has 9 nitrogen and oxygen atoms in total. The SMILES string of the molecule is C[C@H](OC(=O)c1ccc(N2C(=O)CCC2=O)cc1)C(=O)Nc1ccc2c(c1)OCO2. The maximum absolute atomic E-state index is 12.3. The van der Waals surface area contributed by atoms with Crippen LogP contribution in [0.2, 0.25) is 0 Å². The number of rotatable bonds is 5. The van der Waals surface area contributed by atoms with Crippen molar-refractivity contribution in [2.24, 2.45) is 0 Å². The normalized spacial score (nSPS) is 15.8. The van der Waals surface area contributed by atoms with Gasteiger partial charge in [0.15, 0.2) is 17.6 Å². The van der Waals surface area contributed by atoms with Gasteiger partial charge in [0.1, 0.15) is 0 Å². The fourth-order valence-corrected chi connectivity index (χ4v) is 3.11. The molecule has 30 heavy (non-hydrogen) atoms. The monoisotopic (exact) mass is 410 g/mol. The second kappa shape index (κ2) is 7.86. The molecule has 0 saturated carbocycles. The molecule has 0 bridgehead atoms. The van der Waals surface area contributed by atoms with Gasteiger partial charge in [0, 0.05) is 24.6 Å². The van der Waals surface area contributed by atoms with Crippen LogP contribution in [0.5, 0.6) is 11.5 Å². The molecule has 1 fully saturated rings. The second-order valence-corrected chi connectivity index (χ2v) is 6.77. The Labute approximate surface area is 171 Å². The van der Waals surface area contributed by atoms with Crippen LogP contribution < -0.4 is 19.7 Å². The van der Waals surface area contributed by atoms with E-state index in [0.29, 0.717) is 22.9 Å². The van der Waals surface area contributed by atoms with E-state index in [1.54, 1.807) is 18.2 Å². The van der Waals surface area contributed by atoms with Crippen LogP contribution in [0.15, 0.2) is 42.5 Å². The standard InChI is InChI=1S/C21H18N2O7/c1-12(20(26)22-14-4-7-16-17(10-14)29-11-28-16)30-21(27)13-2-5-15(6-3-13)23-18(24)8-9-19(23)25/h2-7,10,12H,8-9,11H2,1H3,(H,22,26)/t12-/m0/s1. The number of amides is 3. The van der Waals surface area contributed by atoms with E-state index in [1.807, 2.05) is 0 Å². The Balaban J connectivity index is 1.36. The minimum atomic E-state index is -1.05. The molecule has 1 N–H and O–H groups in total. The van der Waals surface area contributed by atoms with E-state index in [2.05, 4.69) is 5.32 Å². The fourth-order valence-electron chi connectivity index (χ4n) is 3.11. The van der Waals surface area contributed by atoms with Gasteiger partial charge in [0.05, 0.1) is 11.3 Å². The Bertz CT molecular complexity index is 1020. The first-order valence-electron chi connectivity index (χ1n) is 9.30. The van der Waals surface area contributed by atoms with Crippen molar-refractivity contribution in [2.75, 3.05) is 17.0 Å². The third kappa shape index (κ3) is 3.82. The molecule has 9 heteroatoms. The summed E-state index contributed by atoms with van der Waals surface area (Å²) in [6, 6.07) is 10.8.